The Labute approximate surface area is 102 Å². The number of ether oxygens (including phenoxy) is 1. The second kappa shape index (κ2) is 6.69. The van der Waals surface area contributed by atoms with Crippen LogP contribution in [0, 0.1) is 5.82 Å². The van der Waals surface area contributed by atoms with Crippen LogP contribution in [-0.2, 0) is 17.8 Å². The Hall–Kier alpha value is -0.970. The Kier molecular flexibility index (Phi) is 5.55. The predicted molar refractivity (Wildman–Crippen MR) is 67.1 cm³/mol. The fourth-order valence-corrected chi connectivity index (χ4v) is 1.73. The molecular weight excluding hydrogens is 219 g/mol. The summed E-state index contributed by atoms with van der Waals surface area (Å²) in [6.07, 6.45) is 0. The Morgan fingerprint density at radius 2 is 2.12 bits per heavy atom. The van der Waals surface area contributed by atoms with E-state index in [9.17, 15) is 4.39 Å². The lowest BCUT2D eigenvalue weighted by molar-refractivity contribution is 0.112. The minimum absolute atomic E-state index is 0.234. The van der Waals surface area contributed by atoms with Crippen molar-refractivity contribution in [1.82, 2.24) is 4.90 Å². The van der Waals surface area contributed by atoms with Crippen molar-refractivity contribution in [1.29, 1.82) is 0 Å². The van der Waals surface area contributed by atoms with E-state index in [4.69, 9.17) is 10.5 Å². The highest BCUT2D eigenvalue weighted by Crippen LogP contribution is 2.14. The minimum atomic E-state index is -0.234. The van der Waals surface area contributed by atoms with Crippen LogP contribution in [0.2, 0.25) is 0 Å². The zero-order chi connectivity index (χ0) is 12.8. The van der Waals surface area contributed by atoms with Gasteiger partial charge in [0.05, 0.1) is 6.61 Å². The second-order valence-electron chi connectivity index (χ2n) is 4.34. The zero-order valence-electron chi connectivity index (χ0n) is 10.7. The standard InChI is InChI=1S/C13H21FN2O/c1-10(9-17-3)16(2)8-11-4-5-13(14)6-12(11)7-15/h4-6,10H,7-9,15H2,1-3H3. The molecule has 4 heteroatoms. The first-order valence-electron chi connectivity index (χ1n) is 5.75. The molecule has 0 aliphatic carbocycles. The lowest BCUT2D eigenvalue weighted by atomic mass is 10.1. The van der Waals surface area contributed by atoms with E-state index in [2.05, 4.69) is 11.8 Å². The molecule has 96 valence electrons. The summed E-state index contributed by atoms with van der Waals surface area (Å²) in [5, 5.41) is 0. The SMILES string of the molecule is COCC(C)N(C)Cc1ccc(F)cc1CN. The molecule has 0 aliphatic rings. The molecule has 0 aromatic heterocycles. The summed E-state index contributed by atoms with van der Waals surface area (Å²) >= 11 is 0. The molecule has 2 N–H and O–H groups in total. The Morgan fingerprint density at radius 3 is 2.71 bits per heavy atom. The van der Waals surface area contributed by atoms with Crippen LogP contribution in [-0.4, -0.2) is 31.7 Å². The molecule has 0 spiro atoms. The summed E-state index contributed by atoms with van der Waals surface area (Å²) in [7, 11) is 3.71. The van der Waals surface area contributed by atoms with Gasteiger partial charge in [-0.3, -0.25) is 4.90 Å². The van der Waals surface area contributed by atoms with E-state index in [1.165, 1.54) is 12.1 Å². The first-order chi connectivity index (χ1) is 8.08. The average molecular weight is 240 g/mol. The van der Waals surface area contributed by atoms with Crippen molar-refractivity contribution >= 4 is 0 Å². The van der Waals surface area contributed by atoms with Gasteiger partial charge in [-0.1, -0.05) is 6.07 Å². The highest BCUT2D eigenvalue weighted by Gasteiger charge is 2.11. The smallest absolute Gasteiger partial charge is 0.123 e. The third-order valence-corrected chi connectivity index (χ3v) is 2.97. The first-order valence-corrected chi connectivity index (χ1v) is 5.75. The summed E-state index contributed by atoms with van der Waals surface area (Å²) in [6, 6.07) is 5.09. The third-order valence-electron chi connectivity index (χ3n) is 2.97. The van der Waals surface area contributed by atoms with Crippen molar-refractivity contribution in [2.45, 2.75) is 26.1 Å². The molecule has 0 saturated carbocycles. The molecule has 17 heavy (non-hydrogen) atoms. The third kappa shape index (κ3) is 4.07. The Bertz CT molecular complexity index is 357. The molecule has 0 amide bonds. The molecule has 1 atom stereocenters. The molecule has 1 rings (SSSR count). The summed E-state index contributed by atoms with van der Waals surface area (Å²) < 4.78 is 18.2. The van der Waals surface area contributed by atoms with Gasteiger partial charge < -0.3 is 10.5 Å². The normalized spacial score (nSPS) is 13.1. The molecule has 1 aromatic rings. The lowest BCUT2D eigenvalue weighted by Gasteiger charge is -2.25. The fraction of sp³-hybridized carbons (Fsp3) is 0.538. The van der Waals surface area contributed by atoms with Gasteiger partial charge in [0, 0.05) is 26.2 Å². The van der Waals surface area contributed by atoms with Crippen LogP contribution in [0.3, 0.4) is 0 Å². The van der Waals surface area contributed by atoms with Crippen LogP contribution in [0.25, 0.3) is 0 Å². The Morgan fingerprint density at radius 1 is 1.41 bits per heavy atom. The highest BCUT2D eigenvalue weighted by molar-refractivity contribution is 5.27. The zero-order valence-corrected chi connectivity index (χ0v) is 10.7. The van der Waals surface area contributed by atoms with Crippen molar-refractivity contribution in [3.63, 3.8) is 0 Å². The van der Waals surface area contributed by atoms with E-state index in [1.807, 2.05) is 7.05 Å². The van der Waals surface area contributed by atoms with E-state index in [0.29, 0.717) is 19.2 Å². The molecule has 1 unspecified atom stereocenters. The number of methoxy groups -OCH3 is 1. The van der Waals surface area contributed by atoms with E-state index < -0.39 is 0 Å². The highest BCUT2D eigenvalue weighted by atomic mass is 19.1. The number of benzene rings is 1. The molecule has 0 aliphatic heterocycles. The number of hydrogen-bond acceptors (Lipinski definition) is 3. The van der Waals surface area contributed by atoms with Crippen LogP contribution >= 0.6 is 0 Å². The monoisotopic (exact) mass is 240 g/mol. The van der Waals surface area contributed by atoms with Gasteiger partial charge >= 0.3 is 0 Å². The molecule has 0 bridgehead atoms. The van der Waals surface area contributed by atoms with Crippen LogP contribution in [0.5, 0.6) is 0 Å². The van der Waals surface area contributed by atoms with Crippen LogP contribution < -0.4 is 5.73 Å². The van der Waals surface area contributed by atoms with Crippen LogP contribution in [0.15, 0.2) is 18.2 Å². The van der Waals surface area contributed by atoms with Crippen molar-refractivity contribution in [3.05, 3.63) is 35.1 Å². The summed E-state index contributed by atoms with van der Waals surface area (Å²) in [4.78, 5) is 2.16. The molecule has 1 aromatic carbocycles. The minimum Gasteiger partial charge on any atom is -0.383 e. The van der Waals surface area contributed by atoms with Gasteiger partial charge in [-0.15, -0.1) is 0 Å². The van der Waals surface area contributed by atoms with Crippen molar-refractivity contribution in [2.75, 3.05) is 20.8 Å². The van der Waals surface area contributed by atoms with E-state index in [0.717, 1.165) is 17.7 Å². The number of rotatable bonds is 6. The number of nitrogens with two attached hydrogens (primary N) is 1. The molecule has 0 saturated heterocycles. The number of likely N-dealkylation sites (N-methyl/N-ethyl adjacent to an activating group) is 1. The molecule has 0 heterocycles. The van der Waals surface area contributed by atoms with Gasteiger partial charge in [0.2, 0.25) is 0 Å². The van der Waals surface area contributed by atoms with Crippen LogP contribution in [0.4, 0.5) is 4.39 Å². The number of hydrogen-bond donors (Lipinski definition) is 1. The van der Waals surface area contributed by atoms with Gasteiger partial charge in [-0.2, -0.15) is 0 Å². The fourth-order valence-electron chi connectivity index (χ4n) is 1.73. The Balaban J connectivity index is 2.73. The maximum Gasteiger partial charge on any atom is 0.123 e. The average Bonchev–Trinajstić information content (AvgIpc) is 2.31. The van der Waals surface area contributed by atoms with E-state index in [1.54, 1.807) is 13.2 Å². The maximum atomic E-state index is 13.1. The van der Waals surface area contributed by atoms with E-state index >= 15 is 0 Å². The van der Waals surface area contributed by atoms with Crippen molar-refractivity contribution in [3.8, 4) is 0 Å². The van der Waals surface area contributed by atoms with E-state index in [-0.39, 0.29) is 5.82 Å². The number of halogens is 1. The molecular formula is C13H21FN2O. The first kappa shape index (κ1) is 14.1. The topological polar surface area (TPSA) is 38.5 Å². The predicted octanol–water partition coefficient (Wildman–Crippen LogP) is 1.75. The largest absolute Gasteiger partial charge is 0.383 e. The van der Waals surface area contributed by atoms with Gasteiger partial charge in [-0.25, -0.2) is 4.39 Å². The maximum absolute atomic E-state index is 13.1. The van der Waals surface area contributed by atoms with Gasteiger partial charge in [-0.05, 0) is 37.2 Å². The summed E-state index contributed by atoms with van der Waals surface area (Å²) in [5.74, 6) is -0.234. The van der Waals surface area contributed by atoms with Crippen LogP contribution in [0.1, 0.15) is 18.1 Å². The molecule has 0 radical (unpaired) electrons. The summed E-state index contributed by atoms with van der Waals surface area (Å²) in [6.45, 7) is 3.88. The van der Waals surface area contributed by atoms with Crippen molar-refractivity contribution in [2.24, 2.45) is 5.73 Å². The number of nitrogens with zero attached hydrogens (tertiary/aromatic N) is 1. The second-order valence-corrected chi connectivity index (χ2v) is 4.34. The summed E-state index contributed by atoms with van der Waals surface area (Å²) in [5.41, 5.74) is 7.55. The van der Waals surface area contributed by atoms with Gasteiger partial charge in [0.1, 0.15) is 5.82 Å². The van der Waals surface area contributed by atoms with Gasteiger partial charge in [0.25, 0.3) is 0 Å². The van der Waals surface area contributed by atoms with Gasteiger partial charge in [0.15, 0.2) is 0 Å². The van der Waals surface area contributed by atoms with Crippen molar-refractivity contribution < 1.29 is 9.13 Å². The molecule has 0 fully saturated rings. The lowest BCUT2D eigenvalue weighted by Crippen LogP contribution is -2.32. The molecule has 3 nitrogen and oxygen atoms in total. The quantitative estimate of drug-likeness (QED) is 0.823.